The van der Waals surface area contributed by atoms with Crippen molar-refractivity contribution < 1.29 is 9.66 Å². The molecule has 0 unspecified atom stereocenters. The maximum atomic E-state index is 10.8. The molecule has 0 spiro atoms. The Balaban J connectivity index is 1.68. The molecule has 0 saturated carbocycles. The van der Waals surface area contributed by atoms with E-state index < -0.39 is 4.92 Å². The van der Waals surface area contributed by atoms with Crippen LogP contribution in [0.1, 0.15) is 5.56 Å². The Bertz CT molecular complexity index is 673. The number of fused-ring (bicyclic) bond motifs is 1. The lowest BCUT2D eigenvalue weighted by molar-refractivity contribution is -0.389. The number of hydrogen-bond acceptors (Lipinski definition) is 6. The Kier molecular flexibility index (Phi) is 4.34. The quantitative estimate of drug-likeness (QED) is 0.467. The van der Waals surface area contributed by atoms with Gasteiger partial charge in [-0.2, -0.15) is 0 Å². The van der Waals surface area contributed by atoms with Crippen LogP contribution in [0.15, 0.2) is 29.1 Å². The molecule has 9 heteroatoms. The van der Waals surface area contributed by atoms with Gasteiger partial charge in [0.15, 0.2) is 0 Å². The van der Waals surface area contributed by atoms with Crippen LogP contribution in [0.4, 0.5) is 5.82 Å². The summed E-state index contributed by atoms with van der Waals surface area (Å²) >= 11 is 3.32. The van der Waals surface area contributed by atoms with E-state index in [4.69, 9.17) is 4.74 Å². The molecule has 0 saturated heterocycles. The van der Waals surface area contributed by atoms with Gasteiger partial charge in [0.25, 0.3) is 0 Å². The first-order chi connectivity index (χ1) is 10.6. The van der Waals surface area contributed by atoms with Crippen molar-refractivity contribution >= 4 is 21.7 Å². The minimum absolute atomic E-state index is 0.180. The van der Waals surface area contributed by atoms with Crippen LogP contribution in [0.3, 0.4) is 0 Å². The highest BCUT2D eigenvalue weighted by Gasteiger charge is 2.22. The van der Waals surface area contributed by atoms with Crippen LogP contribution < -0.4 is 4.74 Å². The molecule has 3 rings (SSSR count). The third-order valence-electron chi connectivity index (χ3n) is 3.40. The predicted octanol–water partition coefficient (Wildman–Crippen LogP) is 1.84. The highest BCUT2D eigenvalue weighted by molar-refractivity contribution is 9.10. The molecule has 2 aromatic heterocycles. The van der Waals surface area contributed by atoms with Gasteiger partial charge in [0.1, 0.15) is 17.4 Å². The first kappa shape index (κ1) is 14.9. The van der Waals surface area contributed by atoms with E-state index in [2.05, 4.69) is 30.8 Å². The van der Waals surface area contributed by atoms with Crippen LogP contribution in [0.2, 0.25) is 0 Å². The highest BCUT2D eigenvalue weighted by Crippen LogP contribution is 2.19. The standard InChI is InChI=1S/C13H14BrN5O3/c14-11-2-1-10(7-15-11)8-17-3-4-18-9-12(19(20)21)16-13(18)22-6-5-17/h1-2,7,9H,3-6,8H2. The Morgan fingerprint density at radius 1 is 1.36 bits per heavy atom. The number of hydrogen-bond donors (Lipinski definition) is 0. The van der Waals surface area contributed by atoms with E-state index in [9.17, 15) is 10.1 Å². The maximum absolute atomic E-state index is 10.8. The van der Waals surface area contributed by atoms with Gasteiger partial charge in [0.05, 0.1) is 0 Å². The van der Waals surface area contributed by atoms with Gasteiger partial charge in [-0.3, -0.25) is 9.47 Å². The second kappa shape index (κ2) is 6.41. The Morgan fingerprint density at radius 3 is 2.95 bits per heavy atom. The lowest BCUT2D eigenvalue weighted by Crippen LogP contribution is -2.33. The summed E-state index contributed by atoms with van der Waals surface area (Å²) in [6.07, 6.45) is 3.25. The summed E-state index contributed by atoms with van der Waals surface area (Å²) in [5.74, 6) is -0.180. The molecule has 0 N–H and O–H groups in total. The van der Waals surface area contributed by atoms with E-state index in [0.29, 0.717) is 19.2 Å². The zero-order valence-electron chi connectivity index (χ0n) is 11.7. The number of aromatic nitrogens is 3. The molecular formula is C13H14BrN5O3. The monoisotopic (exact) mass is 367 g/mol. The molecule has 116 valence electrons. The van der Waals surface area contributed by atoms with Crippen LogP contribution in [0.25, 0.3) is 0 Å². The molecule has 0 amide bonds. The van der Waals surface area contributed by atoms with E-state index in [1.54, 1.807) is 4.57 Å². The molecule has 1 aliphatic heterocycles. The largest absolute Gasteiger partial charge is 0.444 e. The molecule has 8 nitrogen and oxygen atoms in total. The van der Waals surface area contributed by atoms with E-state index in [1.165, 1.54) is 6.20 Å². The SMILES string of the molecule is O=[N+]([O-])c1cn2c(n1)OCCN(Cc1ccc(Br)nc1)CC2. The summed E-state index contributed by atoms with van der Waals surface area (Å²) in [5, 5.41) is 10.8. The van der Waals surface area contributed by atoms with Gasteiger partial charge in [-0.15, -0.1) is 0 Å². The molecule has 3 heterocycles. The molecule has 22 heavy (non-hydrogen) atoms. The zero-order valence-corrected chi connectivity index (χ0v) is 13.3. The average molecular weight is 368 g/mol. The molecule has 0 aromatic carbocycles. The van der Waals surface area contributed by atoms with Crippen molar-refractivity contribution in [2.75, 3.05) is 19.7 Å². The Hall–Kier alpha value is -2.00. The molecule has 0 bridgehead atoms. The summed E-state index contributed by atoms with van der Waals surface area (Å²) in [6, 6.07) is 4.24. The van der Waals surface area contributed by atoms with Gasteiger partial charge >= 0.3 is 11.8 Å². The number of rotatable bonds is 3. The summed E-state index contributed by atoms with van der Waals surface area (Å²) in [4.78, 5) is 20.6. The second-order valence-corrected chi connectivity index (χ2v) is 5.76. The lowest BCUT2D eigenvalue weighted by Gasteiger charge is -2.24. The van der Waals surface area contributed by atoms with E-state index in [-0.39, 0.29) is 5.82 Å². The summed E-state index contributed by atoms with van der Waals surface area (Å²) in [7, 11) is 0. The van der Waals surface area contributed by atoms with Crippen molar-refractivity contribution in [3.8, 4) is 6.01 Å². The van der Waals surface area contributed by atoms with Gasteiger partial charge in [-0.25, -0.2) is 4.98 Å². The molecule has 0 atom stereocenters. The smallest absolute Gasteiger partial charge is 0.414 e. The zero-order chi connectivity index (χ0) is 15.5. The summed E-state index contributed by atoms with van der Waals surface area (Å²) in [6.45, 7) is 3.30. The molecule has 2 aromatic rings. The van der Waals surface area contributed by atoms with Gasteiger partial charge in [-0.05, 0) is 32.5 Å². The summed E-state index contributed by atoms with van der Waals surface area (Å²) in [5.41, 5.74) is 1.11. The number of pyridine rings is 1. The molecule has 1 aliphatic rings. The first-order valence-corrected chi connectivity index (χ1v) is 7.58. The van der Waals surface area contributed by atoms with Crippen LogP contribution in [-0.4, -0.2) is 44.1 Å². The van der Waals surface area contributed by atoms with E-state index >= 15 is 0 Å². The number of ether oxygens (including phenoxy) is 1. The van der Waals surface area contributed by atoms with Crippen molar-refractivity contribution in [3.05, 3.63) is 44.8 Å². The van der Waals surface area contributed by atoms with E-state index in [1.807, 2.05) is 18.3 Å². The lowest BCUT2D eigenvalue weighted by atomic mass is 10.2. The van der Waals surface area contributed by atoms with Crippen LogP contribution in [-0.2, 0) is 13.1 Å². The highest BCUT2D eigenvalue weighted by atomic mass is 79.9. The van der Waals surface area contributed by atoms with Crippen LogP contribution >= 0.6 is 15.9 Å². The van der Waals surface area contributed by atoms with Gasteiger partial charge in [-0.1, -0.05) is 6.07 Å². The van der Waals surface area contributed by atoms with Gasteiger partial charge in [0, 0.05) is 37.4 Å². The van der Waals surface area contributed by atoms with Crippen molar-refractivity contribution in [2.24, 2.45) is 0 Å². The predicted molar refractivity (Wildman–Crippen MR) is 81.6 cm³/mol. The van der Waals surface area contributed by atoms with E-state index in [0.717, 1.165) is 29.8 Å². The number of halogens is 1. The van der Waals surface area contributed by atoms with Crippen molar-refractivity contribution in [3.63, 3.8) is 0 Å². The third-order valence-corrected chi connectivity index (χ3v) is 3.87. The molecule has 0 radical (unpaired) electrons. The van der Waals surface area contributed by atoms with Crippen molar-refractivity contribution in [1.82, 2.24) is 19.4 Å². The fourth-order valence-corrected chi connectivity index (χ4v) is 2.53. The number of nitro groups is 1. The third kappa shape index (κ3) is 3.42. The normalized spacial score (nSPS) is 15.5. The second-order valence-electron chi connectivity index (χ2n) is 4.95. The summed E-state index contributed by atoms with van der Waals surface area (Å²) < 4.78 is 8.02. The topological polar surface area (TPSA) is 86.3 Å². The van der Waals surface area contributed by atoms with Crippen molar-refractivity contribution in [2.45, 2.75) is 13.1 Å². The van der Waals surface area contributed by atoms with Crippen LogP contribution in [0, 0.1) is 10.1 Å². The fourth-order valence-electron chi connectivity index (χ4n) is 2.29. The minimum Gasteiger partial charge on any atom is -0.444 e. The fraction of sp³-hybridized carbons (Fsp3) is 0.385. The van der Waals surface area contributed by atoms with Gasteiger partial charge < -0.3 is 14.9 Å². The molecule has 0 fully saturated rings. The van der Waals surface area contributed by atoms with Crippen molar-refractivity contribution in [1.29, 1.82) is 0 Å². The average Bonchev–Trinajstić information content (AvgIpc) is 2.87. The number of imidazole rings is 1. The number of nitrogens with zero attached hydrogens (tertiary/aromatic N) is 5. The van der Waals surface area contributed by atoms with Crippen LogP contribution in [0.5, 0.6) is 6.01 Å². The Labute approximate surface area is 135 Å². The molecule has 0 aliphatic carbocycles. The maximum Gasteiger partial charge on any atom is 0.414 e. The molecular weight excluding hydrogens is 354 g/mol. The first-order valence-electron chi connectivity index (χ1n) is 6.79. The Morgan fingerprint density at radius 2 is 2.23 bits per heavy atom. The van der Waals surface area contributed by atoms with Gasteiger partial charge in [0.2, 0.25) is 0 Å². The minimum atomic E-state index is -0.507.